The molecule has 3 N–H and O–H groups in total. The molecular weight excluding hydrogens is 384 g/mol. The van der Waals surface area contributed by atoms with Gasteiger partial charge in [-0.15, -0.1) is 11.8 Å². The summed E-state index contributed by atoms with van der Waals surface area (Å²) in [7, 11) is 0. The zero-order valence-corrected chi connectivity index (χ0v) is 16.0. The maximum atomic E-state index is 13.3. The normalized spacial score (nSPS) is 14.0. The highest BCUT2D eigenvalue weighted by Gasteiger charge is 2.17. The van der Waals surface area contributed by atoms with Gasteiger partial charge in [0.05, 0.1) is 17.1 Å². The molecule has 2 aromatic rings. The van der Waals surface area contributed by atoms with Gasteiger partial charge in [-0.25, -0.2) is 8.78 Å². The number of hydrogen-bond donors (Lipinski definition) is 2. The molecule has 2 amide bonds. The zero-order valence-electron chi connectivity index (χ0n) is 15.2. The summed E-state index contributed by atoms with van der Waals surface area (Å²) in [6, 6.07) is 8.53. The second-order valence-corrected chi connectivity index (χ2v) is 7.61. The molecule has 1 heterocycles. The van der Waals surface area contributed by atoms with Gasteiger partial charge in [-0.3, -0.25) is 9.59 Å². The lowest BCUT2D eigenvalue weighted by molar-refractivity contribution is -0.113. The first-order valence-electron chi connectivity index (χ1n) is 9.00. The molecule has 1 aliphatic rings. The number of nitrogens with zero attached hydrogens (tertiary/aromatic N) is 1. The Morgan fingerprint density at radius 2 is 1.79 bits per heavy atom. The first kappa shape index (κ1) is 20.1. The van der Waals surface area contributed by atoms with Crippen molar-refractivity contribution < 1.29 is 18.4 Å². The van der Waals surface area contributed by atoms with Crippen LogP contribution in [0.5, 0.6) is 0 Å². The molecule has 3 rings (SSSR count). The van der Waals surface area contributed by atoms with E-state index in [1.54, 1.807) is 18.2 Å². The molecule has 8 heteroatoms. The maximum Gasteiger partial charge on any atom is 0.248 e. The summed E-state index contributed by atoms with van der Waals surface area (Å²) in [6.07, 6.45) is 3.30. The van der Waals surface area contributed by atoms with Crippen LogP contribution in [0.2, 0.25) is 0 Å². The average molecular weight is 405 g/mol. The smallest absolute Gasteiger partial charge is 0.248 e. The first-order valence-corrected chi connectivity index (χ1v) is 9.99. The van der Waals surface area contributed by atoms with Crippen molar-refractivity contribution in [2.75, 3.05) is 29.1 Å². The lowest BCUT2D eigenvalue weighted by Gasteiger charge is -2.30. The van der Waals surface area contributed by atoms with Crippen LogP contribution >= 0.6 is 11.8 Å². The van der Waals surface area contributed by atoms with Crippen LogP contribution in [0.4, 0.5) is 20.2 Å². The number of piperidine rings is 1. The van der Waals surface area contributed by atoms with Crippen LogP contribution in [0, 0.1) is 11.6 Å². The van der Waals surface area contributed by atoms with E-state index in [0.29, 0.717) is 16.1 Å². The fraction of sp³-hybridized carbons (Fsp3) is 0.300. The number of benzene rings is 2. The Kier molecular flexibility index (Phi) is 6.51. The summed E-state index contributed by atoms with van der Waals surface area (Å²) in [6.45, 7) is 1.75. The highest BCUT2D eigenvalue weighted by Crippen LogP contribution is 2.30. The fourth-order valence-corrected chi connectivity index (χ4v) is 3.82. The Morgan fingerprint density at radius 1 is 1.04 bits per heavy atom. The Morgan fingerprint density at radius 3 is 2.46 bits per heavy atom. The number of nitrogens with two attached hydrogens (primary N) is 1. The molecule has 0 saturated carbocycles. The minimum absolute atomic E-state index is 0.0192. The van der Waals surface area contributed by atoms with Crippen molar-refractivity contribution in [3.8, 4) is 0 Å². The zero-order chi connectivity index (χ0) is 20.1. The highest BCUT2D eigenvalue weighted by molar-refractivity contribution is 8.00. The van der Waals surface area contributed by atoms with E-state index in [2.05, 4.69) is 10.2 Å². The van der Waals surface area contributed by atoms with Crippen LogP contribution in [0.3, 0.4) is 0 Å². The van der Waals surface area contributed by atoms with E-state index >= 15 is 0 Å². The molecular formula is C20H21F2N3O2S. The fourth-order valence-electron chi connectivity index (χ4n) is 3.10. The summed E-state index contributed by atoms with van der Waals surface area (Å²) in [4.78, 5) is 26.6. The van der Waals surface area contributed by atoms with Gasteiger partial charge in [0.2, 0.25) is 11.8 Å². The Hall–Kier alpha value is -2.61. The molecule has 1 aliphatic heterocycles. The molecule has 1 saturated heterocycles. The number of amides is 2. The van der Waals surface area contributed by atoms with E-state index in [4.69, 9.17) is 5.73 Å². The molecule has 0 aliphatic carbocycles. The summed E-state index contributed by atoms with van der Waals surface area (Å²) < 4.78 is 26.3. The molecule has 28 heavy (non-hydrogen) atoms. The van der Waals surface area contributed by atoms with E-state index in [0.717, 1.165) is 55.5 Å². The van der Waals surface area contributed by atoms with E-state index in [9.17, 15) is 18.4 Å². The molecule has 0 bridgehead atoms. The molecule has 0 radical (unpaired) electrons. The Balaban J connectivity index is 1.73. The maximum absolute atomic E-state index is 13.3. The number of thioether (sulfide) groups is 1. The molecule has 0 atom stereocenters. The van der Waals surface area contributed by atoms with Gasteiger partial charge in [-0.1, -0.05) is 0 Å². The summed E-state index contributed by atoms with van der Waals surface area (Å²) in [5.41, 5.74) is 7.04. The van der Waals surface area contributed by atoms with Crippen LogP contribution in [0.25, 0.3) is 0 Å². The second kappa shape index (κ2) is 9.05. The number of carbonyl (C=O) groups excluding carboxylic acids is 2. The quantitative estimate of drug-likeness (QED) is 0.717. The molecule has 0 spiro atoms. The molecule has 0 aromatic heterocycles. The van der Waals surface area contributed by atoms with Crippen LogP contribution in [0.15, 0.2) is 41.3 Å². The van der Waals surface area contributed by atoms with E-state index in [1.807, 2.05) is 0 Å². The van der Waals surface area contributed by atoms with Crippen LogP contribution in [0.1, 0.15) is 29.6 Å². The summed E-state index contributed by atoms with van der Waals surface area (Å²) in [5, 5.41) is 2.82. The molecule has 2 aromatic carbocycles. The van der Waals surface area contributed by atoms with Gasteiger partial charge in [0.25, 0.3) is 0 Å². The Bertz CT molecular complexity index is 886. The number of hydrogen-bond acceptors (Lipinski definition) is 4. The van der Waals surface area contributed by atoms with Gasteiger partial charge in [0.15, 0.2) is 11.6 Å². The number of rotatable bonds is 6. The van der Waals surface area contributed by atoms with E-state index in [1.165, 1.54) is 12.5 Å². The van der Waals surface area contributed by atoms with Gasteiger partial charge in [-0.2, -0.15) is 0 Å². The molecule has 148 valence electrons. The number of halogens is 2. The third-order valence-corrected chi connectivity index (χ3v) is 5.51. The Labute approximate surface area is 166 Å². The summed E-state index contributed by atoms with van der Waals surface area (Å²) >= 11 is 1.10. The largest absolute Gasteiger partial charge is 0.370 e. The van der Waals surface area contributed by atoms with Crippen molar-refractivity contribution in [3.63, 3.8) is 0 Å². The van der Waals surface area contributed by atoms with Gasteiger partial charge in [-0.05, 0) is 55.7 Å². The highest BCUT2D eigenvalue weighted by atomic mass is 32.2. The lowest BCUT2D eigenvalue weighted by atomic mass is 10.1. The minimum atomic E-state index is -0.952. The van der Waals surface area contributed by atoms with Crippen molar-refractivity contribution in [2.24, 2.45) is 5.73 Å². The lowest BCUT2D eigenvalue weighted by Crippen LogP contribution is -2.30. The topological polar surface area (TPSA) is 75.4 Å². The van der Waals surface area contributed by atoms with Crippen LogP contribution in [-0.4, -0.2) is 30.7 Å². The first-order chi connectivity index (χ1) is 13.4. The number of primary amides is 1. The van der Waals surface area contributed by atoms with E-state index in [-0.39, 0.29) is 11.7 Å². The molecule has 1 fully saturated rings. The van der Waals surface area contributed by atoms with Crippen LogP contribution < -0.4 is 16.0 Å². The average Bonchev–Trinajstić information content (AvgIpc) is 2.69. The van der Waals surface area contributed by atoms with Crippen molar-refractivity contribution in [1.82, 2.24) is 0 Å². The third-order valence-electron chi connectivity index (χ3n) is 4.51. The van der Waals surface area contributed by atoms with Gasteiger partial charge >= 0.3 is 0 Å². The van der Waals surface area contributed by atoms with Crippen molar-refractivity contribution in [2.45, 2.75) is 24.2 Å². The predicted molar refractivity (Wildman–Crippen MR) is 107 cm³/mol. The number of nitrogens with one attached hydrogen (secondary N) is 1. The van der Waals surface area contributed by atoms with Gasteiger partial charge in [0, 0.05) is 23.5 Å². The number of carbonyl (C=O) groups is 2. The van der Waals surface area contributed by atoms with Gasteiger partial charge in [0.1, 0.15) is 0 Å². The predicted octanol–water partition coefficient (Wildman–Crippen LogP) is 3.78. The van der Waals surface area contributed by atoms with Gasteiger partial charge < -0.3 is 16.0 Å². The molecule has 0 unspecified atom stereocenters. The summed E-state index contributed by atoms with van der Waals surface area (Å²) in [5.74, 6) is -2.74. The van der Waals surface area contributed by atoms with Crippen molar-refractivity contribution >= 4 is 35.0 Å². The monoisotopic (exact) mass is 405 g/mol. The van der Waals surface area contributed by atoms with Crippen LogP contribution in [-0.2, 0) is 4.79 Å². The minimum Gasteiger partial charge on any atom is -0.370 e. The third kappa shape index (κ3) is 5.01. The number of anilines is 2. The standard InChI is InChI=1S/C20H21F2N3O2S/c21-15-6-5-14(11-16(15)22)28-12-19(26)24-17-10-13(20(23)27)4-7-18(17)25-8-2-1-3-9-25/h4-7,10-11H,1-3,8-9,12H2,(H2,23,27)(H,24,26). The van der Waals surface area contributed by atoms with Crippen molar-refractivity contribution in [3.05, 3.63) is 53.6 Å². The SMILES string of the molecule is NC(=O)c1ccc(N2CCCCC2)c(NC(=O)CSc2ccc(F)c(F)c2)c1. The molecule has 5 nitrogen and oxygen atoms in total. The van der Waals surface area contributed by atoms with Crippen molar-refractivity contribution in [1.29, 1.82) is 0 Å². The second-order valence-electron chi connectivity index (χ2n) is 6.56. The van der Waals surface area contributed by atoms with E-state index < -0.39 is 17.5 Å².